The van der Waals surface area contributed by atoms with Gasteiger partial charge in [0.2, 0.25) is 0 Å². The van der Waals surface area contributed by atoms with Crippen LogP contribution in [0.25, 0.3) is 0 Å². The van der Waals surface area contributed by atoms with E-state index in [4.69, 9.17) is 22.1 Å². The van der Waals surface area contributed by atoms with E-state index in [2.05, 4.69) is 0 Å². The predicted octanol–water partition coefficient (Wildman–Crippen LogP) is 2.02. The minimum Gasteiger partial charge on any atom is -0.494 e. The first-order valence-corrected chi connectivity index (χ1v) is 4.68. The number of benzene rings is 1. The zero-order valence-corrected chi connectivity index (χ0v) is 9.14. The topological polar surface area (TPSA) is 52.3 Å². The van der Waals surface area contributed by atoms with Gasteiger partial charge in [-0.05, 0) is 19.1 Å². The van der Waals surface area contributed by atoms with Gasteiger partial charge in [0.1, 0.15) is 0 Å². The molecule has 0 aromatic heterocycles. The molecule has 0 heterocycles. The van der Waals surface area contributed by atoms with Gasteiger partial charge in [0.25, 0.3) is 0 Å². The summed E-state index contributed by atoms with van der Waals surface area (Å²) in [5.74, 6) is -1.34. The maximum atomic E-state index is 13.7. The fourth-order valence-corrected chi connectivity index (χ4v) is 1.38. The second-order valence-corrected chi connectivity index (χ2v) is 3.50. The summed E-state index contributed by atoms with van der Waals surface area (Å²) >= 11 is 5.73. The minimum atomic E-state index is -0.802. The van der Waals surface area contributed by atoms with Gasteiger partial charge in [-0.2, -0.15) is 0 Å². The summed E-state index contributed by atoms with van der Waals surface area (Å²) in [7, 11) is 1.31. The zero-order valence-electron chi connectivity index (χ0n) is 8.38. The maximum absolute atomic E-state index is 13.7. The monoisotopic (exact) mass is 231 g/mol. The van der Waals surface area contributed by atoms with Gasteiger partial charge >= 0.3 is 0 Å². The van der Waals surface area contributed by atoms with Gasteiger partial charge in [-0.1, -0.05) is 11.6 Å². The lowest BCUT2D eigenvalue weighted by atomic mass is 10.0. The van der Waals surface area contributed by atoms with Gasteiger partial charge in [0.05, 0.1) is 23.7 Å². The number of carbonyl (C=O) groups is 1. The Balaban J connectivity index is 3.33. The van der Waals surface area contributed by atoms with Gasteiger partial charge in [-0.25, -0.2) is 4.39 Å². The van der Waals surface area contributed by atoms with Crippen LogP contribution in [0.15, 0.2) is 12.1 Å². The average molecular weight is 232 g/mol. The van der Waals surface area contributed by atoms with Gasteiger partial charge in [-0.3, -0.25) is 4.79 Å². The second-order valence-electron chi connectivity index (χ2n) is 3.09. The van der Waals surface area contributed by atoms with Gasteiger partial charge in [0.15, 0.2) is 17.3 Å². The van der Waals surface area contributed by atoms with E-state index in [1.165, 1.54) is 26.2 Å². The van der Waals surface area contributed by atoms with Crippen molar-refractivity contribution in [1.29, 1.82) is 0 Å². The van der Waals surface area contributed by atoms with Crippen LogP contribution in [0.1, 0.15) is 17.3 Å². The molecule has 2 N–H and O–H groups in total. The molecule has 0 saturated heterocycles. The number of carbonyl (C=O) groups excluding carboxylic acids is 1. The molecule has 0 aliphatic heterocycles. The van der Waals surface area contributed by atoms with Crippen LogP contribution in [0.3, 0.4) is 0 Å². The molecule has 0 aliphatic carbocycles. The summed E-state index contributed by atoms with van der Waals surface area (Å²) in [6.07, 6.45) is 0. The van der Waals surface area contributed by atoms with Gasteiger partial charge < -0.3 is 10.5 Å². The number of nitrogens with two attached hydrogens (primary N) is 1. The third-order valence-electron chi connectivity index (χ3n) is 1.94. The SMILES string of the molecule is COc1ccc(Cl)c(C(=O)C(C)N)c1F. The van der Waals surface area contributed by atoms with E-state index in [-0.39, 0.29) is 16.3 Å². The number of ketones is 1. The number of halogens is 2. The van der Waals surface area contributed by atoms with Crippen LogP contribution in [-0.2, 0) is 0 Å². The summed E-state index contributed by atoms with van der Waals surface area (Å²) < 4.78 is 18.4. The standard InChI is InChI=1S/C10H11ClFNO2/c1-5(13)10(14)8-6(11)3-4-7(15-2)9(8)12/h3-5H,13H2,1-2H3. The number of methoxy groups -OCH3 is 1. The fourth-order valence-electron chi connectivity index (χ4n) is 1.14. The summed E-state index contributed by atoms with van der Waals surface area (Å²) in [6.45, 7) is 1.47. The van der Waals surface area contributed by atoms with Gasteiger partial charge in [-0.15, -0.1) is 0 Å². The number of hydrogen-bond donors (Lipinski definition) is 1. The third kappa shape index (κ3) is 2.27. The van der Waals surface area contributed by atoms with E-state index in [1.54, 1.807) is 0 Å². The Bertz CT molecular complexity index is 393. The molecule has 0 spiro atoms. The van der Waals surface area contributed by atoms with Crippen LogP contribution < -0.4 is 10.5 Å². The van der Waals surface area contributed by atoms with Crippen molar-refractivity contribution in [3.05, 3.63) is 28.5 Å². The maximum Gasteiger partial charge on any atom is 0.183 e. The molecule has 1 atom stereocenters. The van der Waals surface area contributed by atoms with Crippen LogP contribution in [-0.4, -0.2) is 18.9 Å². The minimum absolute atomic E-state index is 0.0246. The summed E-state index contributed by atoms with van der Waals surface area (Å²) in [5, 5.41) is 0.0376. The van der Waals surface area contributed by atoms with Crippen molar-refractivity contribution >= 4 is 17.4 Å². The van der Waals surface area contributed by atoms with E-state index in [1.807, 2.05) is 0 Å². The summed E-state index contributed by atoms with van der Waals surface area (Å²) in [5.41, 5.74) is 5.16. The molecule has 15 heavy (non-hydrogen) atoms. The highest BCUT2D eigenvalue weighted by Crippen LogP contribution is 2.27. The highest BCUT2D eigenvalue weighted by molar-refractivity contribution is 6.34. The van der Waals surface area contributed by atoms with E-state index in [9.17, 15) is 9.18 Å². The predicted molar refractivity (Wildman–Crippen MR) is 55.9 cm³/mol. The van der Waals surface area contributed by atoms with Crippen molar-refractivity contribution < 1.29 is 13.9 Å². The molecular formula is C10H11ClFNO2. The third-order valence-corrected chi connectivity index (χ3v) is 2.25. The highest BCUT2D eigenvalue weighted by atomic mass is 35.5. The molecule has 1 rings (SSSR count). The molecule has 0 radical (unpaired) electrons. The quantitative estimate of drug-likeness (QED) is 0.810. The molecule has 1 aromatic carbocycles. The Hall–Kier alpha value is -1.13. The van der Waals surface area contributed by atoms with Crippen LogP contribution in [0, 0.1) is 5.82 Å². The molecule has 82 valence electrons. The first-order valence-electron chi connectivity index (χ1n) is 4.30. The molecule has 0 fully saturated rings. The van der Waals surface area contributed by atoms with Crippen molar-refractivity contribution in [1.82, 2.24) is 0 Å². The first kappa shape index (κ1) is 11.9. The molecule has 1 aromatic rings. The van der Waals surface area contributed by atoms with Crippen molar-refractivity contribution in [2.45, 2.75) is 13.0 Å². The Labute approximate surface area is 92.0 Å². The highest BCUT2D eigenvalue weighted by Gasteiger charge is 2.22. The van der Waals surface area contributed by atoms with Crippen molar-refractivity contribution in [3.8, 4) is 5.75 Å². The second kappa shape index (κ2) is 4.59. The fraction of sp³-hybridized carbons (Fsp3) is 0.300. The van der Waals surface area contributed by atoms with E-state index in [0.29, 0.717) is 0 Å². The largest absolute Gasteiger partial charge is 0.494 e. The number of Topliss-reactive ketones (excluding diaryl/α,β-unsaturated/α-hetero) is 1. The Kier molecular flexibility index (Phi) is 3.66. The van der Waals surface area contributed by atoms with Crippen LogP contribution in [0.5, 0.6) is 5.75 Å². The number of rotatable bonds is 3. The molecular weight excluding hydrogens is 221 g/mol. The molecule has 0 aliphatic rings. The molecule has 0 amide bonds. The Morgan fingerprint density at radius 2 is 2.20 bits per heavy atom. The average Bonchev–Trinajstić information content (AvgIpc) is 2.17. The smallest absolute Gasteiger partial charge is 0.183 e. The Morgan fingerprint density at radius 1 is 1.60 bits per heavy atom. The van der Waals surface area contributed by atoms with Crippen LogP contribution in [0.2, 0.25) is 5.02 Å². The lowest BCUT2D eigenvalue weighted by molar-refractivity contribution is 0.0963. The summed E-state index contributed by atoms with van der Waals surface area (Å²) in [6, 6.07) is 1.96. The van der Waals surface area contributed by atoms with E-state index >= 15 is 0 Å². The summed E-state index contributed by atoms with van der Waals surface area (Å²) in [4.78, 5) is 11.5. The van der Waals surface area contributed by atoms with Gasteiger partial charge in [0, 0.05) is 0 Å². The lowest BCUT2D eigenvalue weighted by Gasteiger charge is -2.10. The first-order chi connectivity index (χ1) is 6.99. The molecule has 0 bridgehead atoms. The van der Waals surface area contributed by atoms with Crippen LogP contribution in [0.4, 0.5) is 4.39 Å². The Morgan fingerprint density at radius 3 is 2.67 bits per heavy atom. The molecule has 3 nitrogen and oxygen atoms in total. The van der Waals surface area contributed by atoms with Crippen molar-refractivity contribution in [3.63, 3.8) is 0 Å². The van der Waals surface area contributed by atoms with E-state index < -0.39 is 17.6 Å². The van der Waals surface area contributed by atoms with Crippen LogP contribution >= 0.6 is 11.6 Å². The number of ether oxygens (including phenoxy) is 1. The zero-order chi connectivity index (χ0) is 11.6. The molecule has 1 unspecified atom stereocenters. The van der Waals surface area contributed by atoms with Crippen molar-refractivity contribution in [2.75, 3.05) is 7.11 Å². The lowest BCUT2D eigenvalue weighted by Crippen LogP contribution is -2.27. The van der Waals surface area contributed by atoms with E-state index in [0.717, 1.165) is 0 Å². The molecule has 0 saturated carbocycles. The number of hydrogen-bond acceptors (Lipinski definition) is 3. The normalized spacial score (nSPS) is 12.3. The molecule has 5 heteroatoms. The van der Waals surface area contributed by atoms with Crippen molar-refractivity contribution in [2.24, 2.45) is 5.73 Å².